The molecule has 0 atom stereocenters. The van der Waals surface area contributed by atoms with Gasteiger partial charge in [0.2, 0.25) is 0 Å². The first-order valence-corrected chi connectivity index (χ1v) is 7.63. The fourth-order valence-electron chi connectivity index (χ4n) is 2.49. The summed E-state index contributed by atoms with van der Waals surface area (Å²) in [5.74, 6) is 0.710. The molecule has 0 spiro atoms. The Morgan fingerprint density at radius 3 is 2.73 bits per heavy atom. The molecule has 2 heterocycles. The van der Waals surface area contributed by atoms with Crippen molar-refractivity contribution < 1.29 is 4.74 Å². The van der Waals surface area contributed by atoms with E-state index in [9.17, 15) is 4.79 Å². The van der Waals surface area contributed by atoms with Gasteiger partial charge in [-0.25, -0.2) is 0 Å². The Labute approximate surface area is 134 Å². The van der Waals surface area contributed by atoms with Crippen LogP contribution in [0.5, 0.6) is 6.01 Å². The van der Waals surface area contributed by atoms with Crippen LogP contribution in [0.3, 0.4) is 0 Å². The van der Waals surface area contributed by atoms with Crippen LogP contribution < -0.4 is 10.3 Å². The number of ether oxygens (including phenoxy) is 1. The predicted molar refractivity (Wildman–Crippen MR) is 88.8 cm³/mol. The molecule has 0 amide bonds. The minimum Gasteiger partial charge on any atom is -0.428 e. The maximum absolute atomic E-state index is 12.5. The van der Waals surface area contributed by atoms with E-state index in [2.05, 4.69) is 20.9 Å². The van der Waals surface area contributed by atoms with Crippen molar-refractivity contribution >= 4 is 32.9 Å². The smallest absolute Gasteiger partial charge is 0.305 e. The van der Waals surface area contributed by atoms with Crippen molar-refractivity contribution in [3.63, 3.8) is 0 Å². The Morgan fingerprint density at radius 1 is 1.14 bits per heavy atom. The zero-order valence-corrected chi connectivity index (χ0v) is 13.1. The van der Waals surface area contributed by atoms with Gasteiger partial charge >= 0.3 is 6.01 Å². The standard InChI is InChI=1S/C17H11BrN2O2/c18-12-7-5-11(6-8-12)9-13-10-20-16(21)14-3-1-2-4-15(14)19-17(20)22-13/h1-9H,10H2/b13-9-. The van der Waals surface area contributed by atoms with E-state index >= 15 is 0 Å². The van der Waals surface area contributed by atoms with E-state index in [1.807, 2.05) is 48.5 Å². The van der Waals surface area contributed by atoms with Crippen LogP contribution in [0.25, 0.3) is 17.0 Å². The number of allylic oxidation sites excluding steroid dienone is 1. The molecule has 4 nitrogen and oxygen atoms in total. The van der Waals surface area contributed by atoms with Gasteiger partial charge in [-0.05, 0) is 35.9 Å². The summed E-state index contributed by atoms with van der Waals surface area (Å²) < 4.78 is 8.32. The van der Waals surface area contributed by atoms with Gasteiger partial charge in [0.05, 0.1) is 17.4 Å². The van der Waals surface area contributed by atoms with Gasteiger partial charge in [0.15, 0.2) is 0 Å². The van der Waals surface area contributed by atoms with Crippen molar-refractivity contribution in [3.05, 3.63) is 74.7 Å². The van der Waals surface area contributed by atoms with Gasteiger partial charge in [0, 0.05) is 4.47 Å². The lowest BCUT2D eigenvalue weighted by atomic mass is 10.2. The zero-order chi connectivity index (χ0) is 15.1. The van der Waals surface area contributed by atoms with Crippen molar-refractivity contribution in [2.75, 3.05) is 0 Å². The SMILES string of the molecule is O=c1c2ccccc2nc2n1C/C(=C/c1ccc(Br)cc1)O2. The first-order chi connectivity index (χ1) is 10.7. The van der Waals surface area contributed by atoms with Crippen molar-refractivity contribution in [1.29, 1.82) is 0 Å². The molecule has 0 fully saturated rings. The molecule has 108 valence electrons. The van der Waals surface area contributed by atoms with Crippen LogP contribution in [0, 0.1) is 0 Å². The fourth-order valence-corrected chi connectivity index (χ4v) is 2.75. The van der Waals surface area contributed by atoms with E-state index < -0.39 is 0 Å². The number of fused-ring (bicyclic) bond motifs is 2. The molecule has 22 heavy (non-hydrogen) atoms. The lowest BCUT2D eigenvalue weighted by Gasteiger charge is -2.01. The third-order valence-corrected chi connectivity index (χ3v) is 4.09. The lowest BCUT2D eigenvalue weighted by Crippen LogP contribution is -2.18. The van der Waals surface area contributed by atoms with E-state index in [4.69, 9.17) is 4.74 Å². The summed E-state index contributed by atoms with van der Waals surface area (Å²) in [5.41, 5.74) is 1.60. The van der Waals surface area contributed by atoms with E-state index in [0.29, 0.717) is 29.2 Å². The number of para-hydroxylation sites is 1. The molecule has 3 aromatic rings. The highest BCUT2D eigenvalue weighted by atomic mass is 79.9. The Balaban J connectivity index is 1.77. The monoisotopic (exact) mass is 354 g/mol. The van der Waals surface area contributed by atoms with Gasteiger partial charge in [-0.15, -0.1) is 0 Å². The summed E-state index contributed by atoms with van der Waals surface area (Å²) in [6.07, 6.45) is 1.92. The zero-order valence-electron chi connectivity index (χ0n) is 11.5. The molecule has 5 heteroatoms. The maximum atomic E-state index is 12.5. The molecule has 0 aliphatic carbocycles. The van der Waals surface area contributed by atoms with Crippen LogP contribution in [0.15, 0.2) is 63.6 Å². The van der Waals surface area contributed by atoms with Gasteiger partial charge in [0.1, 0.15) is 5.76 Å². The molecule has 2 aromatic carbocycles. The summed E-state index contributed by atoms with van der Waals surface area (Å²) in [4.78, 5) is 16.9. The van der Waals surface area contributed by atoms with Crippen molar-refractivity contribution in [2.24, 2.45) is 0 Å². The van der Waals surface area contributed by atoms with Crippen LogP contribution in [-0.2, 0) is 6.54 Å². The lowest BCUT2D eigenvalue weighted by molar-refractivity contribution is 0.433. The van der Waals surface area contributed by atoms with Crippen LogP contribution in [0.4, 0.5) is 0 Å². The van der Waals surface area contributed by atoms with Gasteiger partial charge in [-0.1, -0.05) is 40.2 Å². The molecular formula is C17H11BrN2O2. The Morgan fingerprint density at radius 2 is 1.91 bits per heavy atom. The number of rotatable bonds is 1. The molecule has 1 aliphatic rings. The number of benzene rings is 2. The Kier molecular flexibility index (Phi) is 3.08. The third kappa shape index (κ3) is 2.23. The normalized spacial score (nSPS) is 15.0. The summed E-state index contributed by atoms with van der Waals surface area (Å²) in [5, 5.41) is 0.611. The molecule has 1 aromatic heterocycles. The second-order valence-corrected chi connectivity index (χ2v) is 5.98. The number of hydrogen-bond donors (Lipinski definition) is 0. The van der Waals surface area contributed by atoms with E-state index in [1.165, 1.54) is 0 Å². The maximum Gasteiger partial charge on any atom is 0.305 e. The second-order valence-electron chi connectivity index (χ2n) is 5.07. The second kappa shape index (κ2) is 5.10. The van der Waals surface area contributed by atoms with Gasteiger partial charge in [-0.3, -0.25) is 9.36 Å². The predicted octanol–water partition coefficient (Wildman–Crippen LogP) is 3.59. The fraction of sp³-hybridized carbons (Fsp3) is 0.0588. The van der Waals surface area contributed by atoms with E-state index in [0.717, 1.165) is 10.0 Å². The molecule has 0 N–H and O–H groups in total. The average Bonchev–Trinajstić information content (AvgIpc) is 2.93. The molecule has 0 saturated heterocycles. The number of halogens is 1. The minimum absolute atomic E-state index is 0.0696. The van der Waals surface area contributed by atoms with Crippen LogP contribution in [0.2, 0.25) is 0 Å². The van der Waals surface area contributed by atoms with Crippen LogP contribution in [0.1, 0.15) is 5.56 Å². The third-order valence-electron chi connectivity index (χ3n) is 3.56. The highest BCUT2D eigenvalue weighted by molar-refractivity contribution is 9.10. The minimum atomic E-state index is -0.0696. The Hall–Kier alpha value is -2.40. The first-order valence-electron chi connectivity index (χ1n) is 6.84. The van der Waals surface area contributed by atoms with Crippen molar-refractivity contribution in [1.82, 2.24) is 9.55 Å². The summed E-state index contributed by atoms with van der Waals surface area (Å²) >= 11 is 3.41. The molecule has 0 radical (unpaired) electrons. The number of hydrogen-bond acceptors (Lipinski definition) is 3. The highest BCUT2D eigenvalue weighted by Gasteiger charge is 2.21. The molecular weight excluding hydrogens is 344 g/mol. The molecule has 4 rings (SSSR count). The summed E-state index contributed by atoms with van der Waals surface area (Å²) in [6.45, 7) is 0.405. The quantitative estimate of drug-likeness (QED) is 0.670. The topological polar surface area (TPSA) is 44.1 Å². The van der Waals surface area contributed by atoms with Gasteiger partial charge in [-0.2, -0.15) is 4.98 Å². The summed E-state index contributed by atoms with van der Waals surface area (Å²) in [6, 6.07) is 15.6. The number of nitrogens with zero attached hydrogens (tertiary/aromatic N) is 2. The van der Waals surface area contributed by atoms with Crippen LogP contribution >= 0.6 is 15.9 Å². The van der Waals surface area contributed by atoms with Crippen molar-refractivity contribution in [3.8, 4) is 6.01 Å². The molecule has 1 aliphatic heterocycles. The van der Waals surface area contributed by atoms with Gasteiger partial charge in [0.25, 0.3) is 5.56 Å². The first kappa shape index (κ1) is 13.3. The van der Waals surface area contributed by atoms with Crippen molar-refractivity contribution in [2.45, 2.75) is 6.54 Å². The van der Waals surface area contributed by atoms with E-state index in [-0.39, 0.29) is 5.56 Å². The number of aromatic nitrogens is 2. The molecule has 0 bridgehead atoms. The van der Waals surface area contributed by atoms with Gasteiger partial charge < -0.3 is 4.74 Å². The largest absolute Gasteiger partial charge is 0.428 e. The highest BCUT2D eigenvalue weighted by Crippen LogP contribution is 2.24. The average molecular weight is 355 g/mol. The molecule has 0 saturated carbocycles. The van der Waals surface area contributed by atoms with E-state index in [1.54, 1.807) is 10.6 Å². The Bertz CT molecular complexity index is 959. The summed E-state index contributed by atoms with van der Waals surface area (Å²) in [7, 11) is 0. The molecule has 0 unspecified atom stereocenters. The van der Waals surface area contributed by atoms with Crippen LogP contribution in [-0.4, -0.2) is 9.55 Å².